The molecule has 0 saturated carbocycles. The Morgan fingerprint density at radius 3 is 2.42 bits per heavy atom. The van der Waals surface area contributed by atoms with Gasteiger partial charge in [-0.05, 0) is 42.0 Å². The van der Waals surface area contributed by atoms with Crippen molar-refractivity contribution in [2.75, 3.05) is 7.11 Å². The number of hydrogen-bond acceptors (Lipinski definition) is 5. The predicted molar refractivity (Wildman–Crippen MR) is 121 cm³/mol. The maximum Gasteiger partial charge on any atom is 0.216 e. The van der Waals surface area contributed by atoms with Crippen molar-refractivity contribution in [1.29, 1.82) is 5.26 Å². The number of nitriles is 1. The standard InChI is InChI=1S/C23H17Cl2NO4S/c1-29-22-9-5-6-17(23(22)30-15-16-10-11-20(24)21(25)12-16)13-19(14-26)31(27,28)18-7-3-2-4-8-18/h2-13H,15H2,1H3/b19-13+. The van der Waals surface area contributed by atoms with Gasteiger partial charge < -0.3 is 9.47 Å². The minimum Gasteiger partial charge on any atom is -0.493 e. The van der Waals surface area contributed by atoms with Gasteiger partial charge in [0.25, 0.3) is 0 Å². The average molecular weight is 474 g/mol. The molecule has 0 radical (unpaired) electrons. The molecular formula is C23H17Cl2NO4S. The highest BCUT2D eigenvalue weighted by Crippen LogP contribution is 2.35. The zero-order valence-corrected chi connectivity index (χ0v) is 18.7. The second-order valence-corrected chi connectivity index (χ2v) is 9.09. The van der Waals surface area contributed by atoms with Gasteiger partial charge in [-0.3, -0.25) is 0 Å². The molecule has 0 aliphatic carbocycles. The molecule has 0 aliphatic heterocycles. The van der Waals surface area contributed by atoms with E-state index in [9.17, 15) is 13.7 Å². The van der Waals surface area contributed by atoms with Crippen LogP contribution in [0.25, 0.3) is 6.08 Å². The molecule has 0 N–H and O–H groups in total. The summed E-state index contributed by atoms with van der Waals surface area (Å²) in [6.07, 6.45) is 1.27. The van der Waals surface area contributed by atoms with Crippen molar-refractivity contribution in [1.82, 2.24) is 0 Å². The molecule has 5 nitrogen and oxygen atoms in total. The third kappa shape index (κ3) is 5.20. The highest BCUT2D eigenvalue weighted by molar-refractivity contribution is 7.95. The first-order valence-corrected chi connectivity index (χ1v) is 11.3. The lowest BCUT2D eigenvalue weighted by atomic mass is 10.1. The molecule has 8 heteroatoms. The van der Waals surface area contributed by atoms with Gasteiger partial charge in [-0.2, -0.15) is 5.26 Å². The largest absolute Gasteiger partial charge is 0.493 e. The lowest BCUT2D eigenvalue weighted by Crippen LogP contribution is -2.04. The van der Waals surface area contributed by atoms with Crippen LogP contribution in [0.4, 0.5) is 0 Å². The molecule has 0 aromatic heterocycles. The summed E-state index contributed by atoms with van der Waals surface area (Å²) in [5.74, 6) is 0.690. The summed E-state index contributed by atoms with van der Waals surface area (Å²) >= 11 is 12.0. The van der Waals surface area contributed by atoms with Crippen molar-refractivity contribution < 1.29 is 17.9 Å². The van der Waals surface area contributed by atoms with Crippen LogP contribution in [0.15, 0.2) is 76.5 Å². The minimum atomic E-state index is -3.99. The molecule has 0 atom stereocenters. The van der Waals surface area contributed by atoms with E-state index in [-0.39, 0.29) is 11.5 Å². The van der Waals surface area contributed by atoms with Crippen molar-refractivity contribution in [2.24, 2.45) is 0 Å². The Kier molecular flexibility index (Phi) is 7.24. The van der Waals surface area contributed by atoms with E-state index in [0.717, 1.165) is 5.56 Å². The monoisotopic (exact) mass is 473 g/mol. The molecule has 0 saturated heterocycles. The van der Waals surface area contributed by atoms with Crippen LogP contribution in [0.1, 0.15) is 11.1 Å². The first-order valence-electron chi connectivity index (χ1n) is 9.02. The number of ether oxygens (including phenoxy) is 2. The Bertz CT molecular complexity index is 1270. The maximum atomic E-state index is 12.9. The van der Waals surface area contributed by atoms with E-state index < -0.39 is 14.7 Å². The number of para-hydroxylation sites is 1. The van der Waals surface area contributed by atoms with Crippen LogP contribution >= 0.6 is 23.2 Å². The van der Waals surface area contributed by atoms with Crippen molar-refractivity contribution in [2.45, 2.75) is 11.5 Å². The molecule has 0 bridgehead atoms. The van der Waals surface area contributed by atoms with Crippen LogP contribution in [0.5, 0.6) is 11.5 Å². The number of sulfone groups is 1. The molecule has 0 unspecified atom stereocenters. The topological polar surface area (TPSA) is 76.4 Å². The summed E-state index contributed by atoms with van der Waals surface area (Å²) in [7, 11) is -2.52. The van der Waals surface area contributed by atoms with Gasteiger partial charge in [-0.25, -0.2) is 8.42 Å². The molecule has 3 rings (SSSR count). The second kappa shape index (κ2) is 9.88. The zero-order chi connectivity index (χ0) is 22.4. The van der Waals surface area contributed by atoms with Gasteiger partial charge in [0.2, 0.25) is 9.84 Å². The van der Waals surface area contributed by atoms with E-state index in [2.05, 4.69) is 0 Å². The fourth-order valence-electron chi connectivity index (χ4n) is 2.78. The lowest BCUT2D eigenvalue weighted by molar-refractivity contribution is 0.284. The molecule has 3 aromatic rings. The van der Waals surface area contributed by atoms with Gasteiger partial charge in [0.15, 0.2) is 11.5 Å². The van der Waals surface area contributed by atoms with Gasteiger partial charge in [0, 0.05) is 5.56 Å². The van der Waals surface area contributed by atoms with E-state index in [1.807, 2.05) is 0 Å². The summed E-state index contributed by atoms with van der Waals surface area (Å²) in [5.41, 5.74) is 1.14. The molecule has 31 heavy (non-hydrogen) atoms. The molecule has 0 amide bonds. The van der Waals surface area contributed by atoms with Crippen molar-refractivity contribution in [3.05, 3.63) is 92.8 Å². The molecule has 158 valence electrons. The number of hydrogen-bond donors (Lipinski definition) is 0. The van der Waals surface area contributed by atoms with Gasteiger partial charge in [-0.1, -0.05) is 59.6 Å². The molecular weight excluding hydrogens is 457 g/mol. The van der Waals surface area contributed by atoms with Crippen LogP contribution in [-0.4, -0.2) is 15.5 Å². The predicted octanol–water partition coefficient (Wildman–Crippen LogP) is 5.92. The maximum absolute atomic E-state index is 12.9. The van der Waals surface area contributed by atoms with E-state index >= 15 is 0 Å². The van der Waals surface area contributed by atoms with Gasteiger partial charge in [0.05, 0.1) is 22.1 Å². The summed E-state index contributed by atoms with van der Waals surface area (Å²) in [6, 6.07) is 19.7. The third-order valence-corrected chi connectivity index (χ3v) is 6.76. The molecule has 0 heterocycles. The van der Waals surface area contributed by atoms with E-state index in [4.69, 9.17) is 32.7 Å². The summed E-state index contributed by atoms with van der Waals surface area (Å²) < 4.78 is 37.1. The number of nitrogens with zero attached hydrogens (tertiary/aromatic N) is 1. The van der Waals surface area contributed by atoms with Crippen LogP contribution < -0.4 is 9.47 Å². The summed E-state index contributed by atoms with van der Waals surface area (Å²) in [5, 5.41) is 10.4. The Labute approximate surface area is 191 Å². The quantitative estimate of drug-likeness (QED) is 0.398. The molecule has 3 aromatic carbocycles. The highest BCUT2D eigenvalue weighted by atomic mass is 35.5. The summed E-state index contributed by atoms with van der Waals surface area (Å²) in [6.45, 7) is 0.130. The van der Waals surface area contributed by atoms with Gasteiger partial charge >= 0.3 is 0 Å². The van der Waals surface area contributed by atoms with Crippen LogP contribution in [0.3, 0.4) is 0 Å². The van der Waals surface area contributed by atoms with E-state index in [1.165, 1.54) is 25.3 Å². The Hall–Kier alpha value is -2.98. The van der Waals surface area contributed by atoms with Crippen molar-refractivity contribution in [3.63, 3.8) is 0 Å². The average Bonchev–Trinajstić information content (AvgIpc) is 2.78. The molecule has 0 aliphatic rings. The van der Waals surface area contributed by atoms with Crippen molar-refractivity contribution in [3.8, 4) is 17.6 Å². The number of allylic oxidation sites excluding steroid dienone is 1. The fraction of sp³-hybridized carbons (Fsp3) is 0.0870. The van der Waals surface area contributed by atoms with Gasteiger partial charge in [-0.15, -0.1) is 0 Å². The molecule has 0 fully saturated rings. The smallest absolute Gasteiger partial charge is 0.216 e. The third-order valence-electron chi connectivity index (χ3n) is 4.34. The van der Waals surface area contributed by atoms with Gasteiger partial charge in [0.1, 0.15) is 17.6 Å². The number of benzene rings is 3. The minimum absolute atomic E-state index is 0.0315. The Balaban J connectivity index is 2.01. The fourth-order valence-corrected chi connectivity index (χ4v) is 4.28. The summed E-state index contributed by atoms with van der Waals surface area (Å²) in [4.78, 5) is -0.379. The second-order valence-electron chi connectivity index (χ2n) is 6.35. The number of halogens is 2. The Morgan fingerprint density at radius 1 is 1.03 bits per heavy atom. The number of rotatable bonds is 7. The van der Waals surface area contributed by atoms with E-state index in [1.54, 1.807) is 60.7 Å². The Morgan fingerprint density at radius 2 is 1.77 bits per heavy atom. The first kappa shape index (κ1) is 22.7. The van der Waals surface area contributed by atoms with Crippen LogP contribution in [0, 0.1) is 11.3 Å². The lowest BCUT2D eigenvalue weighted by Gasteiger charge is -2.14. The highest BCUT2D eigenvalue weighted by Gasteiger charge is 2.22. The first-order chi connectivity index (χ1) is 14.9. The van der Waals surface area contributed by atoms with Crippen LogP contribution in [0.2, 0.25) is 10.0 Å². The van der Waals surface area contributed by atoms with E-state index in [0.29, 0.717) is 27.1 Å². The SMILES string of the molecule is COc1cccc(/C=C(\C#N)S(=O)(=O)c2ccccc2)c1OCc1ccc(Cl)c(Cl)c1. The van der Waals surface area contributed by atoms with Crippen LogP contribution in [-0.2, 0) is 16.4 Å². The number of methoxy groups -OCH3 is 1. The normalized spacial score (nSPS) is 11.6. The van der Waals surface area contributed by atoms with Crippen molar-refractivity contribution >= 4 is 39.1 Å². The zero-order valence-electron chi connectivity index (χ0n) is 16.4. The molecule has 0 spiro atoms.